The van der Waals surface area contributed by atoms with Crippen LogP contribution in [0.4, 0.5) is 5.69 Å². The molecule has 3 aromatic heterocycles. The molecule has 2 amide bonds. The van der Waals surface area contributed by atoms with Gasteiger partial charge in [-0.05, 0) is 62.4 Å². The number of hydrogen-bond donors (Lipinski definition) is 2. The number of aryl methyl sites for hydroxylation is 2. The zero-order valence-electron chi connectivity index (χ0n) is 19.0. The van der Waals surface area contributed by atoms with Gasteiger partial charge in [0.05, 0.1) is 12.1 Å². The second kappa shape index (κ2) is 10.1. The summed E-state index contributed by atoms with van der Waals surface area (Å²) in [6.45, 7) is 4.18. The van der Waals surface area contributed by atoms with E-state index in [1.807, 2.05) is 6.92 Å². The number of aromatic nitrogens is 2. The van der Waals surface area contributed by atoms with Crippen LogP contribution in [0.15, 0.2) is 63.6 Å². The summed E-state index contributed by atoms with van der Waals surface area (Å²) in [7, 11) is 1.56. The summed E-state index contributed by atoms with van der Waals surface area (Å²) in [5, 5.41) is 5.61. The molecule has 0 unspecified atom stereocenters. The molecule has 0 atom stereocenters. The summed E-state index contributed by atoms with van der Waals surface area (Å²) in [4.78, 5) is 33.3. The van der Waals surface area contributed by atoms with E-state index in [-0.39, 0.29) is 24.1 Å². The summed E-state index contributed by atoms with van der Waals surface area (Å²) in [5.74, 6) is 1.22. The minimum Gasteiger partial charge on any atom is -0.453 e. The van der Waals surface area contributed by atoms with Gasteiger partial charge in [0.25, 0.3) is 11.8 Å². The number of carbonyl (C=O) groups excluding carboxylic acids is 2. The number of carbonyl (C=O) groups is 2. The van der Waals surface area contributed by atoms with Crippen LogP contribution in [0, 0.1) is 13.8 Å². The molecule has 34 heavy (non-hydrogen) atoms. The lowest BCUT2D eigenvalue weighted by Gasteiger charge is -2.04. The minimum absolute atomic E-state index is 0.201. The van der Waals surface area contributed by atoms with Crippen LogP contribution in [0.5, 0.6) is 0 Å². The van der Waals surface area contributed by atoms with E-state index in [9.17, 15) is 9.59 Å². The average molecular weight is 460 g/mol. The van der Waals surface area contributed by atoms with E-state index in [2.05, 4.69) is 20.6 Å². The molecule has 174 valence electrons. The summed E-state index contributed by atoms with van der Waals surface area (Å²) >= 11 is 0. The van der Waals surface area contributed by atoms with E-state index >= 15 is 0 Å². The summed E-state index contributed by atoms with van der Waals surface area (Å²) in [6, 6.07) is 13.9. The highest BCUT2D eigenvalue weighted by Crippen LogP contribution is 2.24. The van der Waals surface area contributed by atoms with E-state index in [1.165, 1.54) is 6.20 Å². The van der Waals surface area contributed by atoms with Crippen molar-refractivity contribution in [3.63, 3.8) is 0 Å². The standard InChI is InChI=1S/C25H24N4O5/c1-15-4-5-18(12-26-15)23(30)27-13-21-16(2)33-25(29-21)17-6-8-19(9-7-17)28-24(31)22-11-10-20(34-22)14-32-3/h4-12H,13-14H2,1-3H3,(H,27,30)(H,28,31). The number of ether oxygens (including phenoxy) is 1. The molecule has 0 fully saturated rings. The lowest BCUT2D eigenvalue weighted by molar-refractivity contribution is 0.0948. The predicted octanol–water partition coefficient (Wildman–Crippen LogP) is 4.28. The highest BCUT2D eigenvalue weighted by Gasteiger charge is 2.15. The van der Waals surface area contributed by atoms with Crippen molar-refractivity contribution in [1.29, 1.82) is 0 Å². The van der Waals surface area contributed by atoms with Gasteiger partial charge in [0.1, 0.15) is 23.8 Å². The molecule has 0 saturated heterocycles. The van der Waals surface area contributed by atoms with Gasteiger partial charge in [-0.3, -0.25) is 14.6 Å². The fourth-order valence-corrected chi connectivity index (χ4v) is 3.19. The number of hydrogen-bond acceptors (Lipinski definition) is 7. The van der Waals surface area contributed by atoms with Crippen molar-refractivity contribution < 1.29 is 23.2 Å². The monoisotopic (exact) mass is 460 g/mol. The smallest absolute Gasteiger partial charge is 0.291 e. The van der Waals surface area contributed by atoms with Crippen molar-refractivity contribution in [2.75, 3.05) is 12.4 Å². The number of pyridine rings is 1. The van der Waals surface area contributed by atoms with Crippen LogP contribution >= 0.6 is 0 Å². The van der Waals surface area contributed by atoms with E-state index in [0.29, 0.717) is 41.0 Å². The number of nitrogens with zero attached hydrogens (tertiary/aromatic N) is 2. The normalized spacial score (nSPS) is 10.8. The Labute approximate surface area is 196 Å². The maximum Gasteiger partial charge on any atom is 0.291 e. The molecule has 0 aliphatic heterocycles. The van der Waals surface area contributed by atoms with Crippen LogP contribution in [0.1, 0.15) is 43.8 Å². The van der Waals surface area contributed by atoms with Crippen molar-refractivity contribution in [3.8, 4) is 11.5 Å². The molecule has 0 aliphatic carbocycles. The second-order valence-electron chi connectivity index (χ2n) is 7.62. The molecule has 0 saturated carbocycles. The molecule has 3 heterocycles. The molecule has 0 aliphatic rings. The van der Waals surface area contributed by atoms with Crippen molar-refractivity contribution in [3.05, 3.63) is 89.0 Å². The Kier molecular flexibility index (Phi) is 6.84. The number of rotatable bonds is 8. The number of benzene rings is 1. The highest BCUT2D eigenvalue weighted by atomic mass is 16.5. The maximum absolute atomic E-state index is 12.4. The Morgan fingerprint density at radius 3 is 2.47 bits per heavy atom. The van der Waals surface area contributed by atoms with Crippen molar-refractivity contribution in [2.45, 2.75) is 27.0 Å². The third kappa shape index (κ3) is 5.38. The Balaban J connectivity index is 1.38. The molecule has 2 N–H and O–H groups in total. The third-order valence-corrected chi connectivity index (χ3v) is 5.04. The number of anilines is 1. The number of furan rings is 1. The van der Waals surface area contributed by atoms with Crippen LogP contribution in [0.2, 0.25) is 0 Å². The minimum atomic E-state index is -0.358. The molecule has 0 bridgehead atoms. The van der Waals surface area contributed by atoms with Crippen LogP contribution in [0.3, 0.4) is 0 Å². The fraction of sp³-hybridized carbons (Fsp3) is 0.200. The average Bonchev–Trinajstić information content (AvgIpc) is 3.45. The van der Waals surface area contributed by atoms with Crippen LogP contribution < -0.4 is 10.6 Å². The number of oxazole rings is 1. The van der Waals surface area contributed by atoms with E-state index < -0.39 is 0 Å². The largest absolute Gasteiger partial charge is 0.453 e. The Morgan fingerprint density at radius 1 is 0.971 bits per heavy atom. The first-order valence-electron chi connectivity index (χ1n) is 10.6. The number of amides is 2. The van der Waals surface area contributed by atoms with Gasteiger partial charge in [-0.2, -0.15) is 0 Å². The van der Waals surface area contributed by atoms with Gasteiger partial charge in [-0.1, -0.05) is 0 Å². The topological polar surface area (TPSA) is 119 Å². The van der Waals surface area contributed by atoms with Crippen molar-refractivity contribution in [1.82, 2.24) is 15.3 Å². The SMILES string of the molecule is COCc1ccc(C(=O)Nc2ccc(-c3nc(CNC(=O)c4ccc(C)nc4)c(C)o3)cc2)o1. The zero-order valence-corrected chi connectivity index (χ0v) is 19.0. The van der Waals surface area contributed by atoms with Gasteiger partial charge < -0.3 is 24.2 Å². The number of nitrogens with one attached hydrogen (secondary N) is 2. The van der Waals surface area contributed by atoms with Gasteiger partial charge >= 0.3 is 0 Å². The summed E-state index contributed by atoms with van der Waals surface area (Å²) in [5.41, 5.74) is 3.29. The van der Waals surface area contributed by atoms with Gasteiger partial charge in [0.15, 0.2) is 5.76 Å². The third-order valence-electron chi connectivity index (χ3n) is 5.04. The Hall–Kier alpha value is -4.24. The first-order chi connectivity index (χ1) is 16.4. The quantitative estimate of drug-likeness (QED) is 0.403. The molecule has 4 rings (SSSR count). The van der Waals surface area contributed by atoms with E-state index in [0.717, 1.165) is 11.3 Å². The lowest BCUT2D eigenvalue weighted by atomic mass is 10.2. The molecular formula is C25H24N4O5. The Morgan fingerprint density at radius 2 is 1.76 bits per heavy atom. The van der Waals surface area contributed by atoms with Gasteiger partial charge in [-0.15, -0.1) is 0 Å². The maximum atomic E-state index is 12.4. The summed E-state index contributed by atoms with van der Waals surface area (Å²) < 4.78 is 16.2. The first-order valence-corrected chi connectivity index (χ1v) is 10.6. The van der Waals surface area contributed by atoms with Crippen LogP contribution in [-0.2, 0) is 17.9 Å². The predicted molar refractivity (Wildman–Crippen MR) is 124 cm³/mol. The van der Waals surface area contributed by atoms with Gasteiger partial charge in [-0.25, -0.2) is 4.98 Å². The van der Waals surface area contributed by atoms with Crippen molar-refractivity contribution in [2.24, 2.45) is 0 Å². The van der Waals surface area contributed by atoms with Gasteiger partial charge in [0.2, 0.25) is 5.89 Å². The molecular weight excluding hydrogens is 436 g/mol. The molecule has 0 radical (unpaired) electrons. The van der Waals surface area contributed by atoms with Crippen molar-refractivity contribution >= 4 is 17.5 Å². The molecule has 9 heteroatoms. The lowest BCUT2D eigenvalue weighted by Crippen LogP contribution is -2.23. The molecule has 4 aromatic rings. The molecule has 0 spiro atoms. The molecule has 1 aromatic carbocycles. The van der Waals surface area contributed by atoms with E-state index in [1.54, 1.807) is 62.6 Å². The fourth-order valence-electron chi connectivity index (χ4n) is 3.19. The van der Waals surface area contributed by atoms with Gasteiger partial charge in [0, 0.05) is 30.3 Å². The number of methoxy groups -OCH3 is 1. The second-order valence-corrected chi connectivity index (χ2v) is 7.62. The molecule has 9 nitrogen and oxygen atoms in total. The summed E-state index contributed by atoms with van der Waals surface area (Å²) in [6.07, 6.45) is 1.54. The Bertz CT molecular complexity index is 1290. The first kappa shape index (κ1) is 22.9. The van der Waals surface area contributed by atoms with Crippen LogP contribution in [-0.4, -0.2) is 28.9 Å². The highest BCUT2D eigenvalue weighted by molar-refractivity contribution is 6.02. The van der Waals surface area contributed by atoms with Crippen LogP contribution in [0.25, 0.3) is 11.5 Å². The van der Waals surface area contributed by atoms with E-state index in [4.69, 9.17) is 13.6 Å². The zero-order chi connectivity index (χ0) is 24.1.